The third-order valence-corrected chi connectivity index (χ3v) is 3.96. The molecule has 0 aromatic carbocycles. The van der Waals surface area contributed by atoms with Gasteiger partial charge in [0.2, 0.25) is 18.4 Å². The molecule has 23 heavy (non-hydrogen) atoms. The van der Waals surface area contributed by atoms with Crippen LogP contribution in [0.1, 0.15) is 10.6 Å². The van der Waals surface area contributed by atoms with Crippen LogP contribution >= 0.6 is 11.3 Å². The Labute approximate surface area is 161 Å². The third kappa shape index (κ3) is 8.24. The molecule has 0 aliphatic rings. The molecule has 0 saturated carbocycles. The molecule has 2 heterocycles. The van der Waals surface area contributed by atoms with Gasteiger partial charge in [0.25, 0.3) is 0 Å². The molecule has 0 aliphatic heterocycles. The number of aromatic nitrogens is 3. The fraction of sp³-hybridized carbons (Fsp3) is 0.429. The molecule has 0 radical (unpaired) electrons. The van der Waals surface area contributed by atoms with Crippen molar-refractivity contribution in [3.8, 4) is 12.1 Å². The monoisotopic (exact) mass is 463 g/mol. The van der Waals surface area contributed by atoms with Gasteiger partial charge in [-0.1, -0.05) is 11.3 Å². The van der Waals surface area contributed by atoms with E-state index in [1.807, 2.05) is 58.0 Å². The minimum atomic E-state index is 0. The fourth-order valence-electron chi connectivity index (χ4n) is 1.70. The Balaban J connectivity index is 0. The molecule has 9 heteroatoms. The summed E-state index contributed by atoms with van der Waals surface area (Å²) in [5.74, 6) is 0. The zero-order chi connectivity index (χ0) is 15.7. The Morgan fingerprint density at radius 1 is 1.30 bits per heavy atom. The van der Waals surface area contributed by atoms with Crippen LogP contribution in [0.5, 0.6) is 0 Å². The van der Waals surface area contributed by atoms with Crippen molar-refractivity contribution in [2.45, 2.75) is 26.4 Å². The number of halogens is 2. The number of hydrogen-bond acceptors (Lipinski definition) is 4. The van der Waals surface area contributed by atoms with E-state index in [1.54, 1.807) is 11.3 Å². The van der Waals surface area contributed by atoms with E-state index in [0.717, 1.165) is 10.6 Å². The summed E-state index contributed by atoms with van der Waals surface area (Å²) in [6.07, 6.45) is 6.32. The Kier molecular flexibility index (Phi) is 13.8. The minimum Gasteiger partial charge on any atom is -1.00 e. The van der Waals surface area contributed by atoms with Crippen molar-refractivity contribution >= 4 is 11.3 Å². The molecule has 0 atom stereocenters. The number of nitriles is 2. The normalized spacial score (nSPS) is 8.57. The molecule has 0 saturated heterocycles. The maximum Gasteiger partial charge on any atom is 0.244 e. The van der Waals surface area contributed by atoms with Crippen LogP contribution in [0.2, 0.25) is 0 Å². The second-order valence-corrected chi connectivity index (χ2v) is 5.34. The Hall–Kier alpha value is -1.26. The predicted octanol–water partition coefficient (Wildman–Crippen LogP) is -5.75. The third-order valence-electron chi connectivity index (χ3n) is 2.81. The predicted molar refractivity (Wildman–Crippen MR) is 76.9 cm³/mol. The summed E-state index contributed by atoms with van der Waals surface area (Å²) in [5, 5.41) is 25.4. The highest BCUT2D eigenvalue weighted by Gasteiger charge is 2.13. The molecule has 0 aliphatic carbocycles. The van der Waals surface area contributed by atoms with E-state index in [0.29, 0.717) is 19.5 Å². The highest BCUT2D eigenvalue weighted by atomic mass is 79.9. The number of nitrogens with zero attached hydrogens (tertiary/aromatic N) is 5. The van der Waals surface area contributed by atoms with E-state index < -0.39 is 0 Å². The number of aryl methyl sites for hydroxylation is 1. The largest absolute Gasteiger partial charge is 1.00 e. The van der Waals surface area contributed by atoms with Crippen LogP contribution in [-0.4, -0.2) is 16.3 Å². The first-order chi connectivity index (χ1) is 10.1. The van der Waals surface area contributed by atoms with Gasteiger partial charge in [-0.3, -0.25) is 0 Å². The first-order valence-electron chi connectivity index (χ1n) is 6.44. The SMILES string of the molecule is C[n+]1ccn(CC#N)c1.Cc1c(CCO)sc[n+]1CC#N.[Br-].[Br-]. The fourth-order valence-corrected chi connectivity index (χ4v) is 2.69. The average Bonchev–Trinajstić information content (AvgIpc) is 3.01. The van der Waals surface area contributed by atoms with Crippen LogP contribution in [0.25, 0.3) is 0 Å². The molecule has 0 spiro atoms. The standard InChI is InChI=1S/C8H11N2OS.C6H8N3.2BrH/c1-7-8(2-5-11)12-6-10(7)4-3-9;1-8-4-5-9(6-8)3-2-7;;/h6,11H,2,4-5H2,1H3;4-6H,3H2,1H3;2*1H/q2*+1;;/p-2. The zero-order valence-corrected chi connectivity index (χ0v) is 17.0. The van der Waals surface area contributed by atoms with E-state index in [2.05, 4.69) is 6.07 Å². The maximum atomic E-state index is 8.72. The molecule has 2 rings (SSSR count). The Bertz CT molecular complexity index is 657. The van der Waals surface area contributed by atoms with Gasteiger partial charge < -0.3 is 39.1 Å². The summed E-state index contributed by atoms with van der Waals surface area (Å²) in [4.78, 5) is 1.16. The zero-order valence-electron chi connectivity index (χ0n) is 13.0. The van der Waals surface area contributed by atoms with Gasteiger partial charge in [-0.2, -0.15) is 15.1 Å². The molecule has 2 aromatic heterocycles. The van der Waals surface area contributed by atoms with E-state index in [9.17, 15) is 0 Å². The molecule has 126 valence electrons. The lowest BCUT2D eigenvalue weighted by Crippen LogP contribution is -3.00. The lowest BCUT2D eigenvalue weighted by Gasteiger charge is -1.90. The van der Waals surface area contributed by atoms with Gasteiger partial charge in [0.15, 0.2) is 12.2 Å². The highest BCUT2D eigenvalue weighted by molar-refractivity contribution is 7.09. The number of aliphatic hydroxyl groups excluding tert-OH is 1. The van der Waals surface area contributed by atoms with Gasteiger partial charge in [0.05, 0.1) is 11.9 Å². The maximum absolute atomic E-state index is 8.72. The number of rotatable bonds is 4. The highest BCUT2D eigenvalue weighted by Crippen LogP contribution is 2.10. The van der Waals surface area contributed by atoms with Gasteiger partial charge in [-0.15, -0.1) is 0 Å². The summed E-state index contributed by atoms with van der Waals surface area (Å²) < 4.78 is 5.62. The van der Waals surface area contributed by atoms with E-state index in [1.165, 1.54) is 0 Å². The topological polar surface area (TPSA) is 80.5 Å². The van der Waals surface area contributed by atoms with Crippen LogP contribution in [0.3, 0.4) is 0 Å². The Morgan fingerprint density at radius 3 is 2.48 bits per heavy atom. The van der Waals surface area contributed by atoms with Gasteiger partial charge in [0.1, 0.15) is 24.5 Å². The van der Waals surface area contributed by atoms with Crippen molar-refractivity contribution in [3.05, 3.63) is 34.8 Å². The van der Waals surface area contributed by atoms with Gasteiger partial charge in [-0.05, 0) is 0 Å². The lowest BCUT2D eigenvalue weighted by atomic mass is 10.3. The van der Waals surface area contributed by atoms with Gasteiger partial charge in [-0.25, -0.2) is 9.13 Å². The number of aliphatic hydroxyl groups is 1. The van der Waals surface area contributed by atoms with Crippen LogP contribution in [-0.2, 0) is 26.6 Å². The van der Waals surface area contributed by atoms with Crippen molar-refractivity contribution in [2.24, 2.45) is 7.05 Å². The average molecular weight is 465 g/mol. The van der Waals surface area contributed by atoms with Gasteiger partial charge >= 0.3 is 0 Å². The molecule has 6 nitrogen and oxygen atoms in total. The Morgan fingerprint density at radius 2 is 2.00 bits per heavy atom. The van der Waals surface area contributed by atoms with Crippen molar-refractivity contribution in [2.75, 3.05) is 6.61 Å². The summed E-state index contributed by atoms with van der Waals surface area (Å²) in [7, 11) is 1.92. The van der Waals surface area contributed by atoms with Crippen molar-refractivity contribution in [3.63, 3.8) is 0 Å². The minimum absolute atomic E-state index is 0. The summed E-state index contributed by atoms with van der Waals surface area (Å²) in [6.45, 7) is 2.97. The van der Waals surface area contributed by atoms with E-state index in [4.69, 9.17) is 15.6 Å². The second kappa shape index (κ2) is 13.2. The van der Waals surface area contributed by atoms with Gasteiger partial charge in [0, 0.05) is 20.0 Å². The van der Waals surface area contributed by atoms with E-state index >= 15 is 0 Å². The first kappa shape index (κ1) is 24.0. The molecule has 0 unspecified atom stereocenters. The number of thiazole rings is 1. The molecule has 0 fully saturated rings. The lowest BCUT2D eigenvalue weighted by molar-refractivity contribution is -0.686. The molecular weight excluding hydrogens is 446 g/mol. The van der Waals surface area contributed by atoms with Crippen molar-refractivity contribution < 1.29 is 48.2 Å². The quantitative estimate of drug-likeness (QED) is 0.458. The molecule has 0 bridgehead atoms. The number of imidazole rings is 1. The van der Waals surface area contributed by atoms with E-state index in [-0.39, 0.29) is 40.6 Å². The van der Waals surface area contributed by atoms with Crippen LogP contribution in [0.15, 0.2) is 24.2 Å². The molecule has 2 aromatic rings. The van der Waals surface area contributed by atoms with Crippen LogP contribution in [0.4, 0.5) is 0 Å². The van der Waals surface area contributed by atoms with Crippen LogP contribution < -0.4 is 43.1 Å². The smallest absolute Gasteiger partial charge is 0.244 e. The van der Waals surface area contributed by atoms with Crippen molar-refractivity contribution in [1.82, 2.24) is 4.57 Å². The summed E-state index contributed by atoms with van der Waals surface area (Å²) in [5.41, 5.74) is 3.01. The molecular formula is C14H19Br2N5OS. The second-order valence-electron chi connectivity index (χ2n) is 4.40. The first-order valence-corrected chi connectivity index (χ1v) is 7.32. The van der Waals surface area contributed by atoms with Crippen molar-refractivity contribution in [1.29, 1.82) is 10.5 Å². The molecule has 0 amide bonds. The summed E-state index contributed by atoms with van der Waals surface area (Å²) >= 11 is 1.59. The number of hydrogen-bond donors (Lipinski definition) is 1. The summed E-state index contributed by atoms with van der Waals surface area (Å²) in [6, 6.07) is 4.13. The molecule has 1 N–H and O–H groups in total. The van der Waals surface area contributed by atoms with Crippen LogP contribution in [0, 0.1) is 29.6 Å².